The molecule has 1 aromatic carbocycles. The minimum absolute atomic E-state index is 0. The van der Waals surface area contributed by atoms with E-state index in [-0.39, 0.29) is 24.9 Å². The number of amides is 1. The van der Waals surface area contributed by atoms with Crippen molar-refractivity contribution in [2.24, 2.45) is 11.5 Å². The molecule has 0 aliphatic carbocycles. The SMILES string of the molecule is CCCC[C@H](N)C(=O)N[C@@H](CCCCN)C(=O)OCc1ccccc1.Cl. The Bertz CT molecular complexity index is 514. The zero-order chi connectivity index (χ0) is 18.5. The van der Waals surface area contributed by atoms with Gasteiger partial charge >= 0.3 is 5.97 Å². The van der Waals surface area contributed by atoms with Crippen LogP contribution in [0.15, 0.2) is 30.3 Å². The van der Waals surface area contributed by atoms with Gasteiger partial charge in [0.2, 0.25) is 5.91 Å². The van der Waals surface area contributed by atoms with Crippen LogP contribution in [0.1, 0.15) is 51.0 Å². The Hall–Kier alpha value is -1.63. The van der Waals surface area contributed by atoms with Crippen LogP contribution in [-0.2, 0) is 20.9 Å². The van der Waals surface area contributed by atoms with Crippen LogP contribution in [0.25, 0.3) is 0 Å². The molecule has 1 amide bonds. The summed E-state index contributed by atoms with van der Waals surface area (Å²) in [6, 6.07) is 8.16. The Balaban J connectivity index is 0.00000625. The number of carbonyl (C=O) groups excluding carboxylic acids is 2. The largest absolute Gasteiger partial charge is 0.459 e. The highest BCUT2D eigenvalue weighted by Gasteiger charge is 2.24. The molecule has 6 nitrogen and oxygen atoms in total. The summed E-state index contributed by atoms with van der Waals surface area (Å²) in [5, 5.41) is 2.74. The maximum absolute atomic E-state index is 12.4. The Morgan fingerprint density at radius 2 is 1.81 bits per heavy atom. The third kappa shape index (κ3) is 9.75. The molecule has 0 bridgehead atoms. The molecule has 2 atom stereocenters. The highest BCUT2D eigenvalue weighted by atomic mass is 35.5. The molecule has 5 N–H and O–H groups in total. The van der Waals surface area contributed by atoms with Crippen molar-refractivity contribution in [3.8, 4) is 0 Å². The summed E-state index contributed by atoms with van der Waals surface area (Å²) >= 11 is 0. The highest BCUT2D eigenvalue weighted by molar-refractivity contribution is 5.87. The van der Waals surface area contributed by atoms with Gasteiger partial charge in [0.1, 0.15) is 12.6 Å². The molecule has 0 aliphatic rings. The predicted octanol–water partition coefficient (Wildman–Crippen LogP) is 2.28. The molecule has 0 saturated carbocycles. The predicted molar refractivity (Wildman–Crippen MR) is 106 cm³/mol. The summed E-state index contributed by atoms with van der Waals surface area (Å²) in [4.78, 5) is 24.6. The van der Waals surface area contributed by atoms with Crippen molar-refractivity contribution >= 4 is 24.3 Å². The number of ether oxygens (including phenoxy) is 1. The van der Waals surface area contributed by atoms with Crippen molar-refractivity contribution in [2.45, 2.75) is 64.1 Å². The average Bonchev–Trinajstić information content (AvgIpc) is 2.64. The van der Waals surface area contributed by atoms with Crippen LogP contribution >= 0.6 is 12.4 Å². The van der Waals surface area contributed by atoms with Gasteiger partial charge in [-0.05, 0) is 37.8 Å². The lowest BCUT2D eigenvalue weighted by Crippen LogP contribution is -2.48. The van der Waals surface area contributed by atoms with E-state index in [0.717, 1.165) is 31.2 Å². The Kier molecular flexibility index (Phi) is 13.6. The summed E-state index contributed by atoms with van der Waals surface area (Å²) in [5.41, 5.74) is 12.3. The van der Waals surface area contributed by atoms with Gasteiger partial charge in [-0.1, -0.05) is 50.1 Å². The molecule has 0 radical (unpaired) electrons. The minimum atomic E-state index is -0.685. The molecule has 0 unspecified atom stereocenters. The zero-order valence-electron chi connectivity index (χ0n) is 15.5. The van der Waals surface area contributed by atoms with Crippen LogP contribution in [0.4, 0.5) is 0 Å². The van der Waals surface area contributed by atoms with Crippen molar-refractivity contribution in [1.29, 1.82) is 0 Å². The topological polar surface area (TPSA) is 107 Å². The third-order valence-electron chi connectivity index (χ3n) is 3.98. The van der Waals surface area contributed by atoms with Crippen molar-refractivity contribution < 1.29 is 14.3 Å². The standard InChI is InChI=1S/C19H31N3O3.ClH/c1-2-3-11-16(21)18(23)22-17(12-7-8-13-20)19(24)25-14-15-9-5-4-6-10-15;/h4-6,9-10,16-17H,2-3,7-8,11-14,20-21H2,1H3,(H,22,23);1H/t16-,17-;/m0./s1. The Morgan fingerprint density at radius 3 is 2.42 bits per heavy atom. The summed E-state index contributed by atoms with van der Waals surface area (Å²) in [6.45, 7) is 2.78. The number of unbranched alkanes of at least 4 members (excludes halogenated alkanes) is 2. The van der Waals surface area contributed by atoms with E-state index in [2.05, 4.69) is 5.32 Å². The first kappa shape index (κ1) is 24.4. The van der Waals surface area contributed by atoms with Crippen molar-refractivity contribution in [2.75, 3.05) is 6.54 Å². The van der Waals surface area contributed by atoms with E-state index in [4.69, 9.17) is 16.2 Å². The van der Waals surface area contributed by atoms with Crippen molar-refractivity contribution in [3.63, 3.8) is 0 Å². The maximum Gasteiger partial charge on any atom is 0.328 e. The number of esters is 1. The molecule has 1 rings (SSSR count). The van der Waals surface area contributed by atoms with Gasteiger partial charge in [0.05, 0.1) is 6.04 Å². The van der Waals surface area contributed by atoms with E-state index >= 15 is 0 Å². The zero-order valence-corrected chi connectivity index (χ0v) is 16.3. The number of hydrogen-bond acceptors (Lipinski definition) is 5. The molecule has 148 valence electrons. The van der Waals surface area contributed by atoms with Crippen molar-refractivity contribution in [3.05, 3.63) is 35.9 Å². The van der Waals surface area contributed by atoms with Crippen LogP contribution < -0.4 is 16.8 Å². The number of hydrogen-bond donors (Lipinski definition) is 3. The first-order valence-corrected chi connectivity index (χ1v) is 9.05. The molecule has 0 aromatic heterocycles. The van der Waals surface area contributed by atoms with E-state index in [1.807, 2.05) is 37.3 Å². The molecule has 1 aromatic rings. The quantitative estimate of drug-likeness (QED) is 0.378. The summed E-state index contributed by atoms with van der Waals surface area (Å²) in [5.74, 6) is -0.736. The summed E-state index contributed by atoms with van der Waals surface area (Å²) in [7, 11) is 0. The van der Waals surface area contributed by atoms with Gasteiger partial charge in [0.15, 0.2) is 0 Å². The monoisotopic (exact) mass is 385 g/mol. The molecule has 7 heteroatoms. The van der Waals surface area contributed by atoms with Gasteiger partial charge in [0, 0.05) is 0 Å². The Morgan fingerprint density at radius 1 is 1.12 bits per heavy atom. The first-order valence-electron chi connectivity index (χ1n) is 9.05. The number of halogens is 1. The maximum atomic E-state index is 12.4. The first-order chi connectivity index (χ1) is 12.1. The summed E-state index contributed by atoms with van der Waals surface area (Å²) in [6.07, 6.45) is 4.49. The lowest BCUT2D eigenvalue weighted by Gasteiger charge is -2.20. The third-order valence-corrected chi connectivity index (χ3v) is 3.98. The Labute approximate surface area is 162 Å². The normalized spacial score (nSPS) is 12.6. The van der Waals surface area contributed by atoms with E-state index in [1.54, 1.807) is 0 Å². The fourth-order valence-electron chi connectivity index (χ4n) is 2.40. The second kappa shape index (κ2) is 14.5. The smallest absolute Gasteiger partial charge is 0.328 e. The molecule has 0 aliphatic heterocycles. The van der Waals surface area contributed by atoms with Gasteiger partial charge in [-0.15, -0.1) is 12.4 Å². The van der Waals surface area contributed by atoms with Crippen LogP contribution in [0, 0.1) is 0 Å². The molecule has 0 heterocycles. The second-order valence-corrected chi connectivity index (χ2v) is 6.19. The van der Waals surface area contributed by atoms with Crippen molar-refractivity contribution in [1.82, 2.24) is 5.32 Å². The molecular weight excluding hydrogens is 354 g/mol. The van der Waals surface area contributed by atoms with Gasteiger partial charge in [-0.3, -0.25) is 4.79 Å². The van der Waals surface area contributed by atoms with Crippen LogP contribution in [0.2, 0.25) is 0 Å². The van der Waals surface area contributed by atoms with Gasteiger partial charge in [-0.2, -0.15) is 0 Å². The van der Waals surface area contributed by atoms with Gasteiger partial charge in [-0.25, -0.2) is 4.79 Å². The summed E-state index contributed by atoms with van der Waals surface area (Å²) < 4.78 is 5.36. The van der Waals surface area contributed by atoms with E-state index in [1.165, 1.54) is 0 Å². The van der Waals surface area contributed by atoms with Gasteiger partial charge < -0.3 is 21.5 Å². The number of benzene rings is 1. The molecular formula is C19H32ClN3O3. The highest BCUT2D eigenvalue weighted by Crippen LogP contribution is 2.07. The fraction of sp³-hybridized carbons (Fsp3) is 0.579. The molecule has 0 fully saturated rings. The van der Waals surface area contributed by atoms with E-state index in [0.29, 0.717) is 19.4 Å². The fourth-order valence-corrected chi connectivity index (χ4v) is 2.40. The number of nitrogens with two attached hydrogens (primary N) is 2. The lowest BCUT2D eigenvalue weighted by molar-refractivity contribution is -0.149. The lowest BCUT2D eigenvalue weighted by atomic mass is 10.1. The molecule has 0 saturated heterocycles. The van der Waals surface area contributed by atoms with Crippen LogP contribution in [0.5, 0.6) is 0 Å². The molecule has 0 spiro atoms. The number of carbonyl (C=O) groups is 2. The number of nitrogens with one attached hydrogen (secondary N) is 1. The molecule has 26 heavy (non-hydrogen) atoms. The minimum Gasteiger partial charge on any atom is -0.459 e. The van der Waals surface area contributed by atoms with Crippen LogP contribution in [-0.4, -0.2) is 30.5 Å². The van der Waals surface area contributed by atoms with E-state index in [9.17, 15) is 9.59 Å². The average molecular weight is 386 g/mol. The number of rotatable bonds is 12. The van der Waals surface area contributed by atoms with Crippen LogP contribution in [0.3, 0.4) is 0 Å². The van der Waals surface area contributed by atoms with Gasteiger partial charge in [0.25, 0.3) is 0 Å². The second-order valence-electron chi connectivity index (χ2n) is 6.19. The van der Waals surface area contributed by atoms with E-state index < -0.39 is 18.1 Å².